The van der Waals surface area contributed by atoms with E-state index in [-0.39, 0.29) is 18.2 Å². The Hall–Kier alpha value is -2.11. The number of carbonyl (C=O) groups is 1. The molecule has 2 aliphatic heterocycles. The van der Waals surface area contributed by atoms with Crippen LogP contribution in [0.1, 0.15) is 6.42 Å². The lowest BCUT2D eigenvalue weighted by Gasteiger charge is -2.28. The maximum absolute atomic E-state index is 11.7. The van der Waals surface area contributed by atoms with E-state index in [0.29, 0.717) is 18.2 Å². The van der Waals surface area contributed by atoms with Crippen molar-refractivity contribution in [2.75, 3.05) is 13.2 Å². The van der Waals surface area contributed by atoms with Gasteiger partial charge in [-0.1, -0.05) is 25.3 Å². The van der Waals surface area contributed by atoms with Crippen LogP contribution in [0.15, 0.2) is 37.0 Å². The third-order valence-electron chi connectivity index (χ3n) is 2.95. The number of hydrogen-bond acceptors (Lipinski definition) is 5. The lowest BCUT2D eigenvalue weighted by Crippen LogP contribution is -2.49. The molecule has 98 valence electrons. The van der Waals surface area contributed by atoms with E-state index in [1.165, 1.54) is 4.90 Å². The number of cyclic esters (lactones) is 1. The average Bonchev–Trinajstić information content (AvgIpc) is 2.69. The fourth-order valence-corrected chi connectivity index (χ4v) is 2.13. The molecule has 2 aliphatic rings. The Morgan fingerprint density at radius 3 is 3.17 bits per heavy atom. The zero-order valence-corrected chi connectivity index (χ0v) is 10.2. The van der Waals surface area contributed by atoms with Gasteiger partial charge in [0.05, 0.1) is 17.9 Å². The van der Waals surface area contributed by atoms with Gasteiger partial charge in [-0.2, -0.15) is 0 Å². The Bertz CT molecular complexity index is 405. The molecule has 2 heterocycles. The highest BCUT2D eigenvalue weighted by Gasteiger charge is 2.39. The summed E-state index contributed by atoms with van der Waals surface area (Å²) in [7, 11) is 0. The molecular weight excluding hydrogens is 232 g/mol. The largest absolute Gasteiger partial charge is 0.447 e. The van der Waals surface area contributed by atoms with Crippen molar-refractivity contribution in [3.8, 4) is 0 Å². The van der Waals surface area contributed by atoms with Crippen molar-refractivity contribution >= 4 is 6.09 Å². The average molecular weight is 250 g/mol. The van der Waals surface area contributed by atoms with E-state index in [1.54, 1.807) is 0 Å². The molecule has 0 radical (unpaired) electrons. The molecule has 0 aromatic carbocycles. The Morgan fingerprint density at radius 2 is 2.44 bits per heavy atom. The predicted molar refractivity (Wildman–Crippen MR) is 68.1 cm³/mol. The van der Waals surface area contributed by atoms with Crippen LogP contribution in [0.2, 0.25) is 0 Å². The topological polar surface area (TPSA) is 79.6 Å². The first-order valence-electron chi connectivity index (χ1n) is 5.86. The fraction of sp³-hybridized carbons (Fsp3) is 0.417. The van der Waals surface area contributed by atoms with Crippen molar-refractivity contribution in [3.05, 3.63) is 37.0 Å². The molecule has 0 bridgehead atoms. The predicted octanol–water partition coefficient (Wildman–Crippen LogP) is 0.216. The molecule has 1 saturated heterocycles. The molecule has 1 fully saturated rings. The third kappa shape index (κ3) is 2.42. The van der Waals surface area contributed by atoms with Crippen molar-refractivity contribution in [1.82, 2.24) is 15.5 Å². The van der Waals surface area contributed by atoms with Crippen molar-refractivity contribution in [1.29, 1.82) is 0 Å². The molecule has 1 unspecified atom stereocenters. The molecule has 4 N–H and O–H groups in total. The normalized spacial score (nSPS) is 29.2. The van der Waals surface area contributed by atoms with Crippen LogP contribution >= 0.6 is 0 Å². The number of nitrogens with zero attached hydrogens (tertiary/aromatic N) is 1. The standard InChI is InChI=1S/C12H18N4O2/c1-8(13)15-10-5-3-4-6-14-9(2)16-11(10)7-18-12(16)17/h3,5,10-11,14-15H,1-2,4,6-7,13H2/b5-3-/t10-,11?/m1/s1. The lowest BCUT2D eigenvalue weighted by atomic mass is 10.1. The molecule has 2 atom stereocenters. The molecule has 0 spiro atoms. The number of hydrogen-bond donors (Lipinski definition) is 3. The highest BCUT2D eigenvalue weighted by Crippen LogP contribution is 2.21. The summed E-state index contributed by atoms with van der Waals surface area (Å²) < 4.78 is 5.08. The van der Waals surface area contributed by atoms with Gasteiger partial charge < -0.3 is 21.1 Å². The van der Waals surface area contributed by atoms with Crippen molar-refractivity contribution in [2.24, 2.45) is 5.73 Å². The van der Waals surface area contributed by atoms with Crippen LogP contribution in [0.25, 0.3) is 0 Å². The van der Waals surface area contributed by atoms with Gasteiger partial charge in [0.1, 0.15) is 12.4 Å². The van der Waals surface area contributed by atoms with Gasteiger partial charge in [-0.25, -0.2) is 4.79 Å². The van der Waals surface area contributed by atoms with E-state index in [1.807, 2.05) is 12.2 Å². The minimum atomic E-state index is -0.387. The summed E-state index contributed by atoms with van der Waals surface area (Å²) in [6.07, 6.45) is 4.48. The van der Waals surface area contributed by atoms with Crippen LogP contribution in [0, 0.1) is 0 Å². The van der Waals surface area contributed by atoms with Crippen LogP contribution in [0.4, 0.5) is 4.79 Å². The van der Waals surface area contributed by atoms with Gasteiger partial charge >= 0.3 is 6.09 Å². The van der Waals surface area contributed by atoms with Crippen LogP contribution < -0.4 is 16.4 Å². The molecule has 6 heteroatoms. The maximum atomic E-state index is 11.7. The second-order valence-electron chi connectivity index (χ2n) is 4.30. The quantitative estimate of drug-likeness (QED) is 0.611. The second-order valence-corrected chi connectivity index (χ2v) is 4.30. The van der Waals surface area contributed by atoms with Gasteiger partial charge in [-0.3, -0.25) is 4.90 Å². The van der Waals surface area contributed by atoms with Crippen molar-refractivity contribution in [2.45, 2.75) is 18.5 Å². The summed E-state index contributed by atoms with van der Waals surface area (Å²) in [6, 6.07) is -0.308. The van der Waals surface area contributed by atoms with E-state index < -0.39 is 0 Å². The minimum Gasteiger partial charge on any atom is -0.447 e. The van der Waals surface area contributed by atoms with Gasteiger partial charge in [0.15, 0.2) is 0 Å². The van der Waals surface area contributed by atoms with E-state index >= 15 is 0 Å². The van der Waals surface area contributed by atoms with Crippen molar-refractivity contribution in [3.63, 3.8) is 0 Å². The number of nitrogens with two attached hydrogens (primary N) is 1. The third-order valence-corrected chi connectivity index (χ3v) is 2.95. The Balaban J connectivity index is 2.25. The Morgan fingerprint density at radius 1 is 1.67 bits per heavy atom. The monoisotopic (exact) mass is 250 g/mol. The first-order chi connectivity index (χ1) is 8.59. The van der Waals surface area contributed by atoms with Crippen LogP contribution in [-0.2, 0) is 4.74 Å². The number of nitrogens with one attached hydrogen (secondary N) is 2. The Kier molecular flexibility index (Phi) is 3.45. The lowest BCUT2D eigenvalue weighted by molar-refractivity contribution is 0.163. The molecule has 0 aromatic heterocycles. The molecule has 0 saturated carbocycles. The summed E-state index contributed by atoms with van der Waals surface area (Å²) >= 11 is 0. The summed E-state index contributed by atoms with van der Waals surface area (Å²) in [5.74, 6) is 0.919. The number of ether oxygens (including phenoxy) is 1. The molecule has 6 nitrogen and oxygen atoms in total. The number of carbonyl (C=O) groups excluding carboxylic acids is 1. The maximum Gasteiger partial charge on any atom is 0.415 e. The zero-order chi connectivity index (χ0) is 13.1. The minimum absolute atomic E-state index is 0.134. The van der Waals surface area contributed by atoms with Crippen molar-refractivity contribution < 1.29 is 9.53 Å². The molecule has 0 aliphatic carbocycles. The first kappa shape index (κ1) is 12.3. The SMILES string of the molecule is C=C(N)N[C@@H]1/C=C\CCNC(=C)N2C(=O)OCC12. The van der Waals surface area contributed by atoms with Gasteiger partial charge in [-0.15, -0.1) is 0 Å². The van der Waals surface area contributed by atoms with E-state index in [9.17, 15) is 4.79 Å². The zero-order valence-electron chi connectivity index (χ0n) is 10.2. The fourth-order valence-electron chi connectivity index (χ4n) is 2.13. The summed E-state index contributed by atoms with van der Waals surface area (Å²) in [5, 5.41) is 6.14. The summed E-state index contributed by atoms with van der Waals surface area (Å²) in [5.41, 5.74) is 5.58. The molecule has 1 amide bonds. The Labute approximate surface area is 106 Å². The number of amides is 1. The molecule has 0 aromatic rings. The van der Waals surface area contributed by atoms with E-state index in [4.69, 9.17) is 10.5 Å². The van der Waals surface area contributed by atoms with Gasteiger partial charge in [0.2, 0.25) is 0 Å². The highest BCUT2D eigenvalue weighted by atomic mass is 16.6. The van der Waals surface area contributed by atoms with E-state index in [2.05, 4.69) is 23.8 Å². The van der Waals surface area contributed by atoms with Crippen LogP contribution in [0.5, 0.6) is 0 Å². The van der Waals surface area contributed by atoms with Gasteiger partial charge in [0.25, 0.3) is 0 Å². The smallest absolute Gasteiger partial charge is 0.415 e. The van der Waals surface area contributed by atoms with Crippen LogP contribution in [-0.4, -0.2) is 36.2 Å². The number of fused-ring (bicyclic) bond motifs is 1. The first-order valence-corrected chi connectivity index (χ1v) is 5.86. The molecule has 18 heavy (non-hydrogen) atoms. The summed E-state index contributed by atoms with van der Waals surface area (Å²) in [6.45, 7) is 8.52. The molecule has 2 rings (SSSR count). The van der Waals surface area contributed by atoms with Gasteiger partial charge in [0, 0.05) is 6.54 Å². The molecular formula is C12H18N4O2. The van der Waals surface area contributed by atoms with Crippen LogP contribution in [0.3, 0.4) is 0 Å². The highest BCUT2D eigenvalue weighted by molar-refractivity contribution is 5.72. The summed E-state index contributed by atoms with van der Waals surface area (Å²) in [4.78, 5) is 13.2. The number of rotatable bonds is 2. The second kappa shape index (κ2) is 5.03. The van der Waals surface area contributed by atoms with E-state index in [0.717, 1.165) is 13.0 Å². The van der Waals surface area contributed by atoms with Gasteiger partial charge in [-0.05, 0) is 6.42 Å².